The Morgan fingerprint density at radius 3 is 2.33 bits per heavy atom. The molecule has 9 heteroatoms. The summed E-state index contributed by atoms with van der Waals surface area (Å²) in [5, 5.41) is 12.3. The Labute approximate surface area is 159 Å². The highest BCUT2D eigenvalue weighted by Gasteiger charge is 2.42. The zero-order valence-electron chi connectivity index (χ0n) is 15.5. The molecule has 0 spiro atoms. The fraction of sp³-hybridized carbons (Fsp3) is 0.556. The molecule has 0 radical (unpaired) electrons. The van der Waals surface area contributed by atoms with Crippen molar-refractivity contribution < 1.29 is 27.9 Å². The highest BCUT2D eigenvalue weighted by Crippen LogP contribution is 2.32. The predicted molar refractivity (Wildman–Crippen MR) is 99.0 cm³/mol. The van der Waals surface area contributed by atoms with Crippen LogP contribution in [0.3, 0.4) is 0 Å². The molecule has 150 valence electrons. The topological polar surface area (TPSA) is 122 Å². The van der Waals surface area contributed by atoms with Gasteiger partial charge in [0, 0.05) is 19.2 Å². The molecular formula is C18H26N2O6S. The van der Waals surface area contributed by atoms with Crippen molar-refractivity contribution in [3.8, 4) is 0 Å². The van der Waals surface area contributed by atoms with Crippen LogP contribution in [0.25, 0.3) is 0 Å². The molecule has 1 aromatic rings. The summed E-state index contributed by atoms with van der Waals surface area (Å²) < 4.78 is 31.5. The van der Waals surface area contributed by atoms with E-state index < -0.39 is 27.4 Å². The quantitative estimate of drug-likeness (QED) is 0.569. The molecule has 1 aromatic carbocycles. The number of hydrogen-bond acceptors (Lipinski definition) is 5. The molecule has 0 aliphatic heterocycles. The number of aliphatic carboxylic acids is 1. The zero-order valence-corrected chi connectivity index (χ0v) is 16.3. The molecular weight excluding hydrogens is 372 g/mol. The smallest absolute Gasteiger partial charge is 0.329 e. The summed E-state index contributed by atoms with van der Waals surface area (Å²) in [5.41, 5.74) is -1.05. The average molecular weight is 398 g/mol. The first-order valence-corrected chi connectivity index (χ1v) is 10.3. The second kappa shape index (κ2) is 8.81. The molecule has 2 rings (SSSR count). The van der Waals surface area contributed by atoms with Crippen LogP contribution in [-0.4, -0.2) is 51.2 Å². The summed E-state index contributed by atoms with van der Waals surface area (Å²) in [4.78, 5) is 24.3. The van der Waals surface area contributed by atoms with Gasteiger partial charge in [-0.15, -0.1) is 0 Å². The number of sulfonamides is 1. The lowest BCUT2D eigenvalue weighted by atomic mass is 9.77. The number of hydrogen-bond donors (Lipinski definition) is 3. The van der Waals surface area contributed by atoms with E-state index in [1.807, 2.05) is 0 Å². The van der Waals surface area contributed by atoms with Gasteiger partial charge in [-0.1, -0.05) is 6.92 Å². The number of carbonyl (C=O) groups excluding carboxylic acids is 1. The Morgan fingerprint density at radius 1 is 1.22 bits per heavy atom. The van der Waals surface area contributed by atoms with E-state index in [0.717, 1.165) is 12.8 Å². The number of carbonyl (C=O) groups is 2. The van der Waals surface area contributed by atoms with E-state index in [0.29, 0.717) is 18.8 Å². The lowest BCUT2D eigenvalue weighted by molar-refractivity contribution is -0.146. The lowest BCUT2D eigenvalue weighted by Gasteiger charge is -2.36. The fourth-order valence-corrected chi connectivity index (χ4v) is 4.10. The first kappa shape index (κ1) is 21.3. The van der Waals surface area contributed by atoms with Crippen molar-refractivity contribution >= 4 is 21.9 Å². The van der Waals surface area contributed by atoms with E-state index in [2.05, 4.69) is 17.0 Å². The van der Waals surface area contributed by atoms with E-state index in [-0.39, 0.29) is 23.6 Å². The highest BCUT2D eigenvalue weighted by atomic mass is 32.2. The van der Waals surface area contributed by atoms with Crippen LogP contribution in [0.5, 0.6) is 0 Å². The lowest BCUT2D eigenvalue weighted by Crippen LogP contribution is -2.56. The first-order chi connectivity index (χ1) is 12.7. The van der Waals surface area contributed by atoms with Gasteiger partial charge in [0.25, 0.3) is 5.91 Å². The van der Waals surface area contributed by atoms with Gasteiger partial charge in [0.15, 0.2) is 0 Å². The Morgan fingerprint density at radius 2 is 1.81 bits per heavy atom. The molecule has 1 aliphatic rings. The number of nitrogens with one attached hydrogen (secondary N) is 2. The number of rotatable bonds is 8. The number of carboxylic acids is 1. The van der Waals surface area contributed by atoms with Gasteiger partial charge in [0.05, 0.1) is 11.5 Å². The number of benzene rings is 1. The normalized spacial score (nSPS) is 23.0. The number of methoxy groups -OCH3 is 1. The fourth-order valence-electron chi connectivity index (χ4n) is 3.08. The van der Waals surface area contributed by atoms with E-state index in [4.69, 9.17) is 4.74 Å². The Hall–Kier alpha value is -1.97. The zero-order chi connectivity index (χ0) is 20.1. The van der Waals surface area contributed by atoms with Gasteiger partial charge < -0.3 is 15.2 Å². The molecule has 1 saturated carbocycles. The maximum absolute atomic E-state index is 12.5. The molecule has 1 amide bonds. The monoisotopic (exact) mass is 398 g/mol. The van der Waals surface area contributed by atoms with Crippen LogP contribution in [-0.2, 0) is 19.6 Å². The van der Waals surface area contributed by atoms with Crippen LogP contribution >= 0.6 is 0 Å². The average Bonchev–Trinajstić information content (AvgIpc) is 2.64. The van der Waals surface area contributed by atoms with Crippen LogP contribution < -0.4 is 10.0 Å². The third-order valence-electron chi connectivity index (χ3n) is 4.92. The predicted octanol–water partition coefficient (Wildman–Crippen LogP) is 1.37. The Kier molecular flexibility index (Phi) is 6.96. The molecule has 0 saturated heterocycles. The standard InChI is InChI=1S/C18H26N2O6S/c1-13-7-9-18(10-8-13,17(22)23)20-16(21)14-3-5-15(6-4-14)27(24,25)19-11-12-26-2/h3-6,13,19H,7-12H2,1-2H3,(H,20,21)(H,22,23). The van der Waals surface area contributed by atoms with Crippen molar-refractivity contribution in [2.75, 3.05) is 20.3 Å². The minimum atomic E-state index is -3.69. The number of ether oxygens (including phenoxy) is 1. The summed E-state index contributed by atoms with van der Waals surface area (Å²) in [6.45, 7) is 2.45. The van der Waals surface area contributed by atoms with Crippen LogP contribution in [0.4, 0.5) is 0 Å². The summed E-state index contributed by atoms with van der Waals surface area (Å²) in [7, 11) is -2.22. The second-order valence-corrected chi connectivity index (χ2v) is 8.71. The third kappa shape index (κ3) is 5.27. The molecule has 3 N–H and O–H groups in total. The molecule has 1 fully saturated rings. The molecule has 8 nitrogen and oxygen atoms in total. The molecule has 0 bridgehead atoms. The summed E-state index contributed by atoms with van der Waals surface area (Å²) in [6.07, 6.45) is 2.23. The van der Waals surface area contributed by atoms with Gasteiger partial charge in [-0.2, -0.15) is 0 Å². The molecule has 0 unspecified atom stereocenters. The van der Waals surface area contributed by atoms with Crippen molar-refractivity contribution in [2.24, 2.45) is 5.92 Å². The van der Waals surface area contributed by atoms with Gasteiger partial charge in [-0.3, -0.25) is 4.79 Å². The SMILES string of the molecule is COCCNS(=O)(=O)c1ccc(C(=O)NC2(C(=O)O)CCC(C)CC2)cc1. The minimum Gasteiger partial charge on any atom is -0.480 e. The van der Waals surface area contributed by atoms with Crippen molar-refractivity contribution in [2.45, 2.75) is 43.0 Å². The summed E-state index contributed by atoms with van der Waals surface area (Å²) in [5.74, 6) is -1.13. The Balaban J connectivity index is 2.10. The molecule has 0 aromatic heterocycles. The van der Waals surface area contributed by atoms with E-state index in [1.54, 1.807) is 0 Å². The van der Waals surface area contributed by atoms with Gasteiger partial charge >= 0.3 is 5.97 Å². The van der Waals surface area contributed by atoms with Gasteiger partial charge in [0.2, 0.25) is 10.0 Å². The van der Waals surface area contributed by atoms with E-state index in [9.17, 15) is 23.1 Å². The third-order valence-corrected chi connectivity index (χ3v) is 6.39. The summed E-state index contributed by atoms with van der Waals surface area (Å²) >= 11 is 0. The van der Waals surface area contributed by atoms with Crippen molar-refractivity contribution in [1.29, 1.82) is 0 Å². The largest absolute Gasteiger partial charge is 0.480 e. The van der Waals surface area contributed by atoms with E-state index in [1.165, 1.54) is 31.4 Å². The Bertz CT molecular complexity index is 768. The van der Waals surface area contributed by atoms with Crippen molar-refractivity contribution in [3.05, 3.63) is 29.8 Å². The number of amides is 1. The maximum atomic E-state index is 12.5. The number of carboxylic acid groups (broad SMARTS) is 1. The molecule has 0 heterocycles. The maximum Gasteiger partial charge on any atom is 0.329 e. The van der Waals surface area contributed by atoms with Crippen LogP contribution in [0.15, 0.2) is 29.2 Å². The van der Waals surface area contributed by atoms with Crippen molar-refractivity contribution in [3.63, 3.8) is 0 Å². The van der Waals surface area contributed by atoms with Gasteiger partial charge in [-0.25, -0.2) is 17.9 Å². The minimum absolute atomic E-state index is 0.0228. The first-order valence-electron chi connectivity index (χ1n) is 8.85. The van der Waals surface area contributed by atoms with E-state index >= 15 is 0 Å². The molecule has 0 atom stereocenters. The van der Waals surface area contributed by atoms with Gasteiger partial charge in [0.1, 0.15) is 5.54 Å². The highest BCUT2D eigenvalue weighted by molar-refractivity contribution is 7.89. The van der Waals surface area contributed by atoms with Crippen LogP contribution in [0.2, 0.25) is 0 Å². The van der Waals surface area contributed by atoms with Crippen molar-refractivity contribution in [1.82, 2.24) is 10.0 Å². The second-order valence-electron chi connectivity index (χ2n) is 6.94. The molecule has 27 heavy (non-hydrogen) atoms. The van der Waals surface area contributed by atoms with Gasteiger partial charge in [-0.05, 0) is 55.9 Å². The molecule has 1 aliphatic carbocycles. The van der Waals surface area contributed by atoms with Crippen LogP contribution in [0.1, 0.15) is 43.0 Å². The van der Waals surface area contributed by atoms with Crippen LogP contribution in [0, 0.1) is 5.92 Å². The summed E-state index contributed by atoms with van der Waals surface area (Å²) in [6, 6.07) is 5.39.